The number of carbonyl (C=O) groups is 1. The minimum atomic E-state index is -0.213. The highest BCUT2D eigenvalue weighted by atomic mass is 16.5. The number of methoxy groups -OCH3 is 2. The molecular formula is C16H18N2O3. The molecule has 0 saturated carbocycles. The standard InChI is InChI=1S/C16H18N2O3/c1-11(12-6-8-17-9-7-12)18-16(19)14-10-13(20-2)4-5-15(14)21-3/h4-11H,1-3H3,(H,18,19). The fourth-order valence-corrected chi connectivity index (χ4v) is 2.00. The highest BCUT2D eigenvalue weighted by Gasteiger charge is 2.16. The molecular weight excluding hydrogens is 268 g/mol. The lowest BCUT2D eigenvalue weighted by molar-refractivity contribution is 0.0936. The van der Waals surface area contributed by atoms with Gasteiger partial charge in [0, 0.05) is 12.4 Å². The van der Waals surface area contributed by atoms with E-state index in [0.717, 1.165) is 5.56 Å². The number of nitrogens with zero attached hydrogens (tertiary/aromatic N) is 1. The van der Waals surface area contributed by atoms with Crippen molar-refractivity contribution in [3.63, 3.8) is 0 Å². The molecule has 1 unspecified atom stereocenters. The Kier molecular flexibility index (Phi) is 4.77. The van der Waals surface area contributed by atoms with Crippen LogP contribution in [0.1, 0.15) is 28.9 Å². The Morgan fingerprint density at radius 1 is 1.14 bits per heavy atom. The van der Waals surface area contributed by atoms with Crippen LogP contribution in [0.2, 0.25) is 0 Å². The molecule has 0 bridgehead atoms. The molecule has 1 aromatic carbocycles. The van der Waals surface area contributed by atoms with Gasteiger partial charge in [0.15, 0.2) is 0 Å². The summed E-state index contributed by atoms with van der Waals surface area (Å²) in [5.41, 5.74) is 1.43. The van der Waals surface area contributed by atoms with Crippen molar-refractivity contribution in [2.75, 3.05) is 14.2 Å². The first kappa shape index (κ1) is 14.8. The van der Waals surface area contributed by atoms with Crippen LogP contribution in [0.4, 0.5) is 0 Å². The summed E-state index contributed by atoms with van der Waals surface area (Å²) >= 11 is 0. The third kappa shape index (κ3) is 3.51. The fraction of sp³-hybridized carbons (Fsp3) is 0.250. The van der Waals surface area contributed by atoms with Crippen molar-refractivity contribution in [3.05, 3.63) is 53.9 Å². The minimum absolute atomic E-state index is 0.128. The van der Waals surface area contributed by atoms with E-state index >= 15 is 0 Å². The van der Waals surface area contributed by atoms with E-state index in [4.69, 9.17) is 9.47 Å². The van der Waals surface area contributed by atoms with E-state index in [0.29, 0.717) is 17.1 Å². The van der Waals surface area contributed by atoms with Gasteiger partial charge in [-0.1, -0.05) is 0 Å². The second-order valence-corrected chi connectivity index (χ2v) is 4.54. The Hall–Kier alpha value is -2.56. The SMILES string of the molecule is COc1ccc(OC)c(C(=O)NC(C)c2ccncc2)c1. The van der Waals surface area contributed by atoms with Crippen molar-refractivity contribution >= 4 is 5.91 Å². The van der Waals surface area contributed by atoms with E-state index in [1.807, 2.05) is 19.1 Å². The largest absolute Gasteiger partial charge is 0.497 e. The smallest absolute Gasteiger partial charge is 0.255 e. The molecule has 0 fully saturated rings. The first-order chi connectivity index (χ1) is 10.2. The van der Waals surface area contributed by atoms with Gasteiger partial charge in [0.1, 0.15) is 11.5 Å². The van der Waals surface area contributed by atoms with Crippen LogP contribution in [0.3, 0.4) is 0 Å². The predicted octanol–water partition coefficient (Wildman–Crippen LogP) is 2.59. The molecule has 21 heavy (non-hydrogen) atoms. The van der Waals surface area contributed by atoms with Gasteiger partial charge in [0.05, 0.1) is 25.8 Å². The van der Waals surface area contributed by atoms with Crippen LogP contribution in [0.5, 0.6) is 11.5 Å². The van der Waals surface area contributed by atoms with E-state index in [2.05, 4.69) is 10.3 Å². The zero-order valence-corrected chi connectivity index (χ0v) is 12.3. The number of ether oxygens (including phenoxy) is 2. The lowest BCUT2D eigenvalue weighted by Gasteiger charge is -2.16. The highest BCUT2D eigenvalue weighted by molar-refractivity contribution is 5.97. The van der Waals surface area contributed by atoms with E-state index in [1.165, 1.54) is 7.11 Å². The number of hydrogen-bond acceptors (Lipinski definition) is 4. The molecule has 0 aliphatic carbocycles. The lowest BCUT2D eigenvalue weighted by Crippen LogP contribution is -2.27. The topological polar surface area (TPSA) is 60.5 Å². The number of pyridine rings is 1. The quantitative estimate of drug-likeness (QED) is 0.917. The number of hydrogen-bond donors (Lipinski definition) is 1. The summed E-state index contributed by atoms with van der Waals surface area (Å²) < 4.78 is 10.4. The Labute approximate surface area is 123 Å². The van der Waals surface area contributed by atoms with Crippen LogP contribution in [0.15, 0.2) is 42.7 Å². The molecule has 1 atom stereocenters. The maximum atomic E-state index is 12.4. The number of carbonyl (C=O) groups excluding carboxylic acids is 1. The third-order valence-corrected chi connectivity index (χ3v) is 3.20. The van der Waals surface area contributed by atoms with Crippen LogP contribution < -0.4 is 14.8 Å². The number of nitrogens with one attached hydrogen (secondary N) is 1. The van der Waals surface area contributed by atoms with E-state index in [1.54, 1.807) is 37.7 Å². The zero-order chi connectivity index (χ0) is 15.2. The second-order valence-electron chi connectivity index (χ2n) is 4.54. The van der Waals surface area contributed by atoms with Gasteiger partial charge in [-0.15, -0.1) is 0 Å². The monoisotopic (exact) mass is 286 g/mol. The Morgan fingerprint density at radius 3 is 2.48 bits per heavy atom. The average Bonchev–Trinajstić information content (AvgIpc) is 2.54. The van der Waals surface area contributed by atoms with Gasteiger partial charge in [-0.3, -0.25) is 9.78 Å². The van der Waals surface area contributed by atoms with Crippen molar-refractivity contribution in [3.8, 4) is 11.5 Å². The summed E-state index contributed by atoms with van der Waals surface area (Å²) in [5.74, 6) is 0.905. The number of amides is 1. The first-order valence-electron chi connectivity index (χ1n) is 6.58. The summed E-state index contributed by atoms with van der Waals surface area (Å²) in [4.78, 5) is 16.4. The molecule has 2 aromatic rings. The van der Waals surface area contributed by atoms with Crippen LogP contribution >= 0.6 is 0 Å². The van der Waals surface area contributed by atoms with E-state index in [9.17, 15) is 4.79 Å². The maximum Gasteiger partial charge on any atom is 0.255 e. The third-order valence-electron chi connectivity index (χ3n) is 3.20. The van der Waals surface area contributed by atoms with Gasteiger partial charge < -0.3 is 14.8 Å². The molecule has 1 amide bonds. The van der Waals surface area contributed by atoms with Gasteiger partial charge in [0.25, 0.3) is 5.91 Å². The fourth-order valence-electron chi connectivity index (χ4n) is 2.00. The summed E-state index contributed by atoms with van der Waals surface area (Å²) in [6.45, 7) is 1.92. The minimum Gasteiger partial charge on any atom is -0.497 e. The van der Waals surface area contributed by atoms with Gasteiger partial charge in [-0.25, -0.2) is 0 Å². The number of aromatic nitrogens is 1. The van der Waals surface area contributed by atoms with Crippen LogP contribution in [-0.4, -0.2) is 25.1 Å². The molecule has 5 heteroatoms. The Bertz CT molecular complexity index is 614. The first-order valence-corrected chi connectivity index (χ1v) is 6.58. The Morgan fingerprint density at radius 2 is 1.86 bits per heavy atom. The summed E-state index contributed by atoms with van der Waals surface area (Å²) in [5, 5.41) is 2.94. The molecule has 0 aliphatic heterocycles. The molecule has 1 heterocycles. The average molecular weight is 286 g/mol. The predicted molar refractivity (Wildman–Crippen MR) is 79.7 cm³/mol. The van der Waals surface area contributed by atoms with E-state index < -0.39 is 0 Å². The molecule has 1 N–H and O–H groups in total. The molecule has 2 rings (SSSR count). The van der Waals surface area contributed by atoms with Gasteiger partial charge in [-0.2, -0.15) is 0 Å². The van der Waals surface area contributed by atoms with Crippen molar-refractivity contribution in [2.24, 2.45) is 0 Å². The molecule has 0 aliphatic rings. The molecule has 0 radical (unpaired) electrons. The van der Waals surface area contributed by atoms with Crippen molar-refractivity contribution in [1.29, 1.82) is 0 Å². The normalized spacial score (nSPS) is 11.6. The molecule has 0 saturated heterocycles. The Balaban J connectivity index is 2.20. The van der Waals surface area contributed by atoms with Gasteiger partial charge in [0.2, 0.25) is 0 Å². The number of rotatable bonds is 5. The number of benzene rings is 1. The van der Waals surface area contributed by atoms with E-state index in [-0.39, 0.29) is 11.9 Å². The lowest BCUT2D eigenvalue weighted by atomic mass is 10.1. The summed E-state index contributed by atoms with van der Waals surface area (Å²) in [7, 11) is 3.09. The van der Waals surface area contributed by atoms with Gasteiger partial charge in [-0.05, 0) is 42.8 Å². The zero-order valence-electron chi connectivity index (χ0n) is 12.3. The van der Waals surface area contributed by atoms with Crippen LogP contribution in [0.25, 0.3) is 0 Å². The van der Waals surface area contributed by atoms with Crippen molar-refractivity contribution in [1.82, 2.24) is 10.3 Å². The van der Waals surface area contributed by atoms with Gasteiger partial charge >= 0.3 is 0 Å². The highest BCUT2D eigenvalue weighted by Crippen LogP contribution is 2.24. The van der Waals surface area contributed by atoms with Crippen molar-refractivity contribution in [2.45, 2.75) is 13.0 Å². The summed E-state index contributed by atoms with van der Waals surface area (Å²) in [6, 6.07) is 8.73. The van der Waals surface area contributed by atoms with Crippen molar-refractivity contribution < 1.29 is 14.3 Å². The van der Waals surface area contributed by atoms with Crippen LogP contribution in [-0.2, 0) is 0 Å². The van der Waals surface area contributed by atoms with Crippen LogP contribution in [0, 0.1) is 0 Å². The second kappa shape index (κ2) is 6.74. The molecule has 5 nitrogen and oxygen atoms in total. The summed E-state index contributed by atoms with van der Waals surface area (Å²) in [6.07, 6.45) is 3.40. The molecule has 1 aromatic heterocycles. The molecule has 0 spiro atoms. The maximum absolute atomic E-state index is 12.4. The molecule has 110 valence electrons.